The molecule has 2 nitrogen and oxygen atoms in total. The summed E-state index contributed by atoms with van der Waals surface area (Å²) in [6.07, 6.45) is 9.48. The van der Waals surface area contributed by atoms with Gasteiger partial charge in [-0.3, -0.25) is 0 Å². The molecule has 1 aromatic rings. The van der Waals surface area contributed by atoms with E-state index >= 15 is 0 Å². The summed E-state index contributed by atoms with van der Waals surface area (Å²) in [5.41, 5.74) is 2.60. The lowest BCUT2D eigenvalue weighted by atomic mass is 9.83. The van der Waals surface area contributed by atoms with E-state index in [0.29, 0.717) is 6.04 Å². The standard InChI is InChI=1S/C19H31NO/c1-4-12-20-18(14-16-8-6-5-7-9-16)17-11-10-15(2)13-19(17)21-3/h10-11,13,16,18,20H,4-9,12,14H2,1-3H3. The van der Waals surface area contributed by atoms with Gasteiger partial charge < -0.3 is 10.1 Å². The van der Waals surface area contributed by atoms with Gasteiger partial charge >= 0.3 is 0 Å². The second kappa shape index (κ2) is 8.43. The molecule has 2 heteroatoms. The van der Waals surface area contributed by atoms with Crippen LogP contribution in [-0.4, -0.2) is 13.7 Å². The molecule has 0 amide bonds. The smallest absolute Gasteiger partial charge is 0.123 e. The summed E-state index contributed by atoms with van der Waals surface area (Å²) < 4.78 is 5.64. The first-order valence-electron chi connectivity index (χ1n) is 8.62. The van der Waals surface area contributed by atoms with E-state index in [2.05, 4.69) is 37.4 Å². The van der Waals surface area contributed by atoms with Crippen molar-refractivity contribution in [3.8, 4) is 5.75 Å². The minimum absolute atomic E-state index is 0.434. The van der Waals surface area contributed by atoms with E-state index in [4.69, 9.17) is 4.74 Å². The lowest BCUT2D eigenvalue weighted by Gasteiger charge is -2.28. The van der Waals surface area contributed by atoms with E-state index < -0.39 is 0 Å². The molecule has 1 aliphatic rings. The van der Waals surface area contributed by atoms with Gasteiger partial charge in [0, 0.05) is 11.6 Å². The molecule has 0 aliphatic heterocycles. The first-order valence-corrected chi connectivity index (χ1v) is 8.62. The molecule has 0 spiro atoms. The quantitative estimate of drug-likeness (QED) is 0.761. The third-order valence-electron chi connectivity index (χ3n) is 4.70. The second-order valence-electron chi connectivity index (χ2n) is 6.49. The molecule has 1 aliphatic carbocycles. The Labute approximate surface area is 130 Å². The summed E-state index contributed by atoms with van der Waals surface area (Å²) in [5, 5.41) is 3.75. The van der Waals surface area contributed by atoms with Crippen molar-refractivity contribution in [2.24, 2.45) is 5.92 Å². The minimum atomic E-state index is 0.434. The zero-order valence-electron chi connectivity index (χ0n) is 14.0. The molecule has 21 heavy (non-hydrogen) atoms. The number of hydrogen-bond acceptors (Lipinski definition) is 2. The Kier molecular flexibility index (Phi) is 6.56. The number of rotatable bonds is 7. The molecule has 0 aromatic heterocycles. The van der Waals surface area contributed by atoms with Crippen LogP contribution in [0.2, 0.25) is 0 Å². The molecular formula is C19H31NO. The van der Waals surface area contributed by atoms with Crippen LogP contribution in [0.3, 0.4) is 0 Å². The monoisotopic (exact) mass is 289 g/mol. The van der Waals surface area contributed by atoms with E-state index in [9.17, 15) is 0 Å². The SMILES string of the molecule is CCCNC(CC1CCCCC1)c1ccc(C)cc1OC. The normalized spacial score (nSPS) is 17.7. The van der Waals surface area contributed by atoms with Crippen LogP contribution < -0.4 is 10.1 Å². The number of ether oxygens (including phenoxy) is 1. The summed E-state index contributed by atoms with van der Waals surface area (Å²) >= 11 is 0. The highest BCUT2D eigenvalue weighted by molar-refractivity contribution is 5.39. The van der Waals surface area contributed by atoms with Crippen molar-refractivity contribution in [1.82, 2.24) is 5.32 Å². The van der Waals surface area contributed by atoms with Gasteiger partial charge in [0.15, 0.2) is 0 Å². The largest absolute Gasteiger partial charge is 0.496 e. The Bertz CT molecular complexity index is 424. The van der Waals surface area contributed by atoms with Crippen LogP contribution in [0.25, 0.3) is 0 Å². The van der Waals surface area contributed by atoms with Crippen LogP contribution in [0.5, 0.6) is 5.75 Å². The first-order chi connectivity index (χ1) is 10.2. The van der Waals surface area contributed by atoms with Crippen LogP contribution in [0.1, 0.15) is 69.0 Å². The Hall–Kier alpha value is -1.02. The summed E-state index contributed by atoms with van der Waals surface area (Å²) in [4.78, 5) is 0. The third-order valence-corrected chi connectivity index (χ3v) is 4.70. The van der Waals surface area contributed by atoms with E-state index in [1.807, 2.05) is 0 Å². The van der Waals surface area contributed by atoms with Crippen molar-refractivity contribution in [3.63, 3.8) is 0 Å². The summed E-state index contributed by atoms with van der Waals surface area (Å²) in [6, 6.07) is 7.06. The molecular weight excluding hydrogens is 258 g/mol. The molecule has 1 unspecified atom stereocenters. The summed E-state index contributed by atoms with van der Waals surface area (Å²) in [7, 11) is 1.79. The molecule has 1 saturated carbocycles. The maximum absolute atomic E-state index is 5.64. The maximum atomic E-state index is 5.64. The minimum Gasteiger partial charge on any atom is -0.496 e. The highest BCUT2D eigenvalue weighted by Crippen LogP contribution is 2.35. The van der Waals surface area contributed by atoms with Crippen LogP contribution >= 0.6 is 0 Å². The van der Waals surface area contributed by atoms with Crippen LogP contribution in [0.15, 0.2) is 18.2 Å². The molecule has 1 N–H and O–H groups in total. The summed E-state index contributed by atoms with van der Waals surface area (Å²) in [6.45, 7) is 5.44. The molecule has 0 heterocycles. The van der Waals surface area contributed by atoms with Gasteiger partial charge in [-0.1, -0.05) is 51.2 Å². The van der Waals surface area contributed by atoms with Gasteiger partial charge in [-0.15, -0.1) is 0 Å². The molecule has 1 aromatic carbocycles. The second-order valence-corrected chi connectivity index (χ2v) is 6.49. The van der Waals surface area contributed by atoms with Crippen molar-refractivity contribution in [2.75, 3.05) is 13.7 Å². The van der Waals surface area contributed by atoms with E-state index in [1.54, 1.807) is 7.11 Å². The van der Waals surface area contributed by atoms with Crippen molar-refractivity contribution < 1.29 is 4.74 Å². The molecule has 0 bridgehead atoms. The lowest BCUT2D eigenvalue weighted by Crippen LogP contribution is -2.25. The van der Waals surface area contributed by atoms with Gasteiger partial charge in [-0.05, 0) is 43.9 Å². The first kappa shape index (κ1) is 16.4. The van der Waals surface area contributed by atoms with Crippen molar-refractivity contribution >= 4 is 0 Å². The third kappa shape index (κ3) is 4.74. The summed E-state index contributed by atoms with van der Waals surface area (Å²) in [5.74, 6) is 1.92. The van der Waals surface area contributed by atoms with E-state index in [1.165, 1.54) is 56.1 Å². The van der Waals surface area contributed by atoms with Gasteiger partial charge in [0.05, 0.1) is 7.11 Å². The number of nitrogens with one attached hydrogen (secondary N) is 1. The molecule has 1 atom stereocenters. The van der Waals surface area contributed by atoms with Crippen LogP contribution in [-0.2, 0) is 0 Å². The molecule has 118 valence electrons. The van der Waals surface area contributed by atoms with Gasteiger partial charge in [0.25, 0.3) is 0 Å². The zero-order chi connectivity index (χ0) is 15.1. The number of benzene rings is 1. The predicted molar refractivity (Wildman–Crippen MR) is 90.0 cm³/mol. The Morgan fingerprint density at radius 1 is 1.24 bits per heavy atom. The Morgan fingerprint density at radius 3 is 2.67 bits per heavy atom. The van der Waals surface area contributed by atoms with Gasteiger partial charge in [0.1, 0.15) is 5.75 Å². The average Bonchev–Trinajstić information content (AvgIpc) is 2.52. The average molecular weight is 289 g/mol. The van der Waals surface area contributed by atoms with Crippen LogP contribution in [0.4, 0.5) is 0 Å². The van der Waals surface area contributed by atoms with E-state index in [-0.39, 0.29) is 0 Å². The lowest BCUT2D eigenvalue weighted by molar-refractivity contribution is 0.295. The van der Waals surface area contributed by atoms with Crippen molar-refractivity contribution in [1.29, 1.82) is 0 Å². The fraction of sp³-hybridized carbons (Fsp3) is 0.684. The molecule has 0 radical (unpaired) electrons. The maximum Gasteiger partial charge on any atom is 0.123 e. The highest BCUT2D eigenvalue weighted by Gasteiger charge is 2.22. The van der Waals surface area contributed by atoms with Gasteiger partial charge in [0.2, 0.25) is 0 Å². The Balaban J connectivity index is 2.13. The molecule has 2 rings (SSSR count). The zero-order valence-corrected chi connectivity index (χ0v) is 14.0. The Morgan fingerprint density at radius 2 is 2.00 bits per heavy atom. The number of aryl methyl sites for hydroxylation is 1. The molecule has 0 saturated heterocycles. The van der Waals surface area contributed by atoms with Gasteiger partial charge in [-0.25, -0.2) is 0 Å². The topological polar surface area (TPSA) is 21.3 Å². The number of methoxy groups -OCH3 is 1. The fourth-order valence-corrected chi connectivity index (χ4v) is 3.50. The molecule has 1 fully saturated rings. The van der Waals surface area contributed by atoms with Crippen LogP contribution in [0, 0.1) is 12.8 Å². The highest BCUT2D eigenvalue weighted by atomic mass is 16.5. The van der Waals surface area contributed by atoms with Crippen molar-refractivity contribution in [3.05, 3.63) is 29.3 Å². The predicted octanol–water partition coefficient (Wildman–Crippen LogP) is 5.01. The van der Waals surface area contributed by atoms with Crippen molar-refractivity contribution in [2.45, 2.75) is 64.8 Å². The fourth-order valence-electron chi connectivity index (χ4n) is 3.50. The van der Waals surface area contributed by atoms with Gasteiger partial charge in [-0.2, -0.15) is 0 Å². The van der Waals surface area contributed by atoms with E-state index in [0.717, 1.165) is 18.2 Å². The number of hydrogen-bond donors (Lipinski definition) is 1.